The Hall–Kier alpha value is -1.65. The highest BCUT2D eigenvalue weighted by atomic mass is 16.5. The smallest absolute Gasteiger partial charge is 0.317 e. The van der Waals surface area contributed by atoms with Gasteiger partial charge < -0.3 is 4.74 Å². The summed E-state index contributed by atoms with van der Waals surface area (Å²) in [5.41, 5.74) is 3.56. The van der Waals surface area contributed by atoms with Gasteiger partial charge in [-0.25, -0.2) is 0 Å². The molecule has 2 aromatic rings. The first-order chi connectivity index (χ1) is 6.63. The average Bonchev–Trinajstić information content (AvgIpc) is 2.45. The van der Waals surface area contributed by atoms with Gasteiger partial charge in [-0.2, -0.15) is 15.1 Å². The Balaban J connectivity index is 2.83. The molecular weight excluding hydrogens is 180 g/mol. The summed E-state index contributed by atoms with van der Waals surface area (Å²) < 4.78 is 6.81. The molecule has 14 heavy (non-hydrogen) atoms. The van der Waals surface area contributed by atoms with Crippen LogP contribution in [0.2, 0.25) is 0 Å². The number of aryl methyl sites for hydroxylation is 3. The number of nitrogens with zero attached hydrogens (tertiary/aromatic N) is 4. The van der Waals surface area contributed by atoms with Gasteiger partial charge in [-0.15, -0.1) is 0 Å². The van der Waals surface area contributed by atoms with Gasteiger partial charge >= 0.3 is 6.01 Å². The van der Waals surface area contributed by atoms with Gasteiger partial charge in [0, 0.05) is 7.05 Å². The zero-order chi connectivity index (χ0) is 10.3. The van der Waals surface area contributed by atoms with Crippen molar-refractivity contribution in [2.75, 3.05) is 7.11 Å². The largest absolute Gasteiger partial charge is 0.467 e. The molecule has 0 unspecified atom stereocenters. The van der Waals surface area contributed by atoms with Crippen LogP contribution < -0.4 is 4.74 Å². The second kappa shape index (κ2) is 2.94. The molecule has 0 saturated heterocycles. The molecule has 5 heteroatoms. The topological polar surface area (TPSA) is 52.8 Å². The van der Waals surface area contributed by atoms with Crippen molar-refractivity contribution in [3.8, 4) is 6.01 Å². The molecule has 2 rings (SSSR count). The van der Waals surface area contributed by atoms with Gasteiger partial charge in [0.05, 0.1) is 18.5 Å². The molecular formula is C9H12N4O. The average molecular weight is 192 g/mol. The first-order valence-electron chi connectivity index (χ1n) is 4.35. The van der Waals surface area contributed by atoms with Crippen LogP contribution in [0.4, 0.5) is 0 Å². The monoisotopic (exact) mass is 192 g/mol. The number of methoxy groups -OCH3 is 1. The van der Waals surface area contributed by atoms with E-state index in [1.165, 1.54) is 0 Å². The first-order valence-corrected chi connectivity index (χ1v) is 4.35. The van der Waals surface area contributed by atoms with Gasteiger partial charge in [0.25, 0.3) is 0 Å². The van der Waals surface area contributed by atoms with Crippen molar-refractivity contribution >= 4 is 11.0 Å². The van der Waals surface area contributed by atoms with Crippen LogP contribution in [-0.2, 0) is 7.05 Å². The maximum atomic E-state index is 5.01. The van der Waals surface area contributed by atoms with Crippen LogP contribution in [0.1, 0.15) is 11.4 Å². The molecule has 0 aliphatic rings. The molecule has 2 aromatic heterocycles. The summed E-state index contributed by atoms with van der Waals surface area (Å²) in [5.74, 6) is 0. The number of aromatic nitrogens is 4. The molecule has 0 aliphatic heterocycles. The van der Waals surface area contributed by atoms with Crippen molar-refractivity contribution in [2.24, 2.45) is 7.05 Å². The fraction of sp³-hybridized carbons (Fsp3) is 0.444. The molecule has 0 fully saturated rings. The fourth-order valence-electron chi connectivity index (χ4n) is 1.38. The minimum absolute atomic E-state index is 0.395. The summed E-state index contributed by atoms with van der Waals surface area (Å²) in [7, 11) is 3.45. The van der Waals surface area contributed by atoms with Gasteiger partial charge in [-0.3, -0.25) is 4.68 Å². The lowest BCUT2D eigenvalue weighted by Crippen LogP contribution is -1.94. The molecule has 0 spiro atoms. The summed E-state index contributed by atoms with van der Waals surface area (Å²) in [5, 5.41) is 4.32. The van der Waals surface area contributed by atoms with Crippen LogP contribution in [0.25, 0.3) is 11.0 Å². The van der Waals surface area contributed by atoms with E-state index < -0.39 is 0 Å². The van der Waals surface area contributed by atoms with E-state index in [4.69, 9.17) is 4.74 Å². The molecule has 0 saturated carbocycles. The van der Waals surface area contributed by atoms with Crippen molar-refractivity contribution in [3.05, 3.63) is 11.4 Å². The van der Waals surface area contributed by atoms with Crippen LogP contribution in [0, 0.1) is 13.8 Å². The van der Waals surface area contributed by atoms with E-state index in [2.05, 4.69) is 15.1 Å². The lowest BCUT2D eigenvalue weighted by molar-refractivity contribution is 0.381. The Morgan fingerprint density at radius 1 is 1.14 bits per heavy atom. The summed E-state index contributed by atoms with van der Waals surface area (Å²) in [6.07, 6.45) is 0. The number of ether oxygens (including phenoxy) is 1. The highest BCUT2D eigenvalue weighted by Crippen LogP contribution is 2.19. The van der Waals surface area contributed by atoms with Crippen LogP contribution in [-0.4, -0.2) is 26.9 Å². The van der Waals surface area contributed by atoms with Crippen LogP contribution >= 0.6 is 0 Å². The van der Waals surface area contributed by atoms with E-state index in [9.17, 15) is 0 Å². The maximum absolute atomic E-state index is 5.01. The molecule has 0 bridgehead atoms. The van der Waals surface area contributed by atoms with Gasteiger partial charge in [-0.05, 0) is 13.8 Å². The van der Waals surface area contributed by atoms with Crippen molar-refractivity contribution in [3.63, 3.8) is 0 Å². The summed E-state index contributed by atoms with van der Waals surface area (Å²) in [4.78, 5) is 8.42. The summed E-state index contributed by atoms with van der Waals surface area (Å²) in [6.45, 7) is 3.88. The molecule has 0 radical (unpaired) electrons. The number of hydrogen-bond acceptors (Lipinski definition) is 4. The number of fused-ring (bicyclic) bond motifs is 1. The lowest BCUT2D eigenvalue weighted by atomic mass is 10.3. The second-order valence-electron chi connectivity index (χ2n) is 3.20. The third-order valence-corrected chi connectivity index (χ3v) is 2.30. The molecule has 0 atom stereocenters. The molecule has 5 nitrogen and oxygen atoms in total. The van der Waals surface area contributed by atoms with Gasteiger partial charge in [-0.1, -0.05) is 0 Å². The van der Waals surface area contributed by atoms with Crippen molar-refractivity contribution < 1.29 is 4.74 Å². The van der Waals surface area contributed by atoms with Gasteiger partial charge in [0.2, 0.25) is 0 Å². The molecule has 0 N–H and O–H groups in total. The Bertz CT molecular complexity index is 489. The SMILES string of the molecule is COc1nc(C)c2nn(C)c(C)c2n1. The lowest BCUT2D eigenvalue weighted by Gasteiger charge is -1.99. The van der Waals surface area contributed by atoms with E-state index >= 15 is 0 Å². The van der Waals surface area contributed by atoms with Crippen LogP contribution in [0.3, 0.4) is 0 Å². The quantitative estimate of drug-likeness (QED) is 0.676. The second-order valence-corrected chi connectivity index (χ2v) is 3.20. The third kappa shape index (κ3) is 1.13. The fourth-order valence-corrected chi connectivity index (χ4v) is 1.38. The van der Waals surface area contributed by atoms with E-state index in [0.717, 1.165) is 22.4 Å². The Labute approximate surface area is 81.7 Å². The Kier molecular flexibility index (Phi) is 1.87. The first kappa shape index (κ1) is 8.93. The zero-order valence-electron chi connectivity index (χ0n) is 8.70. The van der Waals surface area contributed by atoms with Crippen molar-refractivity contribution in [2.45, 2.75) is 13.8 Å². The molecule has 0 amide bonds. The van der Waals surface area contributed by atoms with E-state index in [1.807, 2.05) is 20.9 Å². The van der Waals surface area contributed by atoms with Crippen LogP contribution in [0.15, 0.2) is 0 Å². The predicted octanol–water partition coefficient (Wildman–Crippen LogP) is 0.989. The van der Waals surface area contributed by atoms with Crippen molar-refractivity contribution in [1.29, 1.82) is 0 Å². The zero-order valence-corrected chi connectivity index (χ0v) is 8.70. The highest BCUT2D eigenvalue weighted by Gasteiger charge is 2.11. The normalized spacial score (nSPS) is 10.9. The van der Waals surface area contributed by atoms with Gasteiger partial charge in [0.15, 0.2) is 0 Å². The number of rotatable bonds is 1. The minimum atomic E-state index is 0.395. The summed E-state index contributed by atoms with van der Waals surface area (Å²) >= 11 is 0. The maximum Gasteiger partial charge on any atom is 0.317 e. The molecule has 74 valence electrons. The molecule has 0 aliphatic carbocycles. The molecule has 2 heterocycles. The number of hydrogen-bond donors (Lipinski definition) is 0. The predicted molar refractivity (Wildman–Crippen MR) is 52.3 cm³/mol. The Morgan fingerprint density at radius 2 is 1.86 bits per heavy atom. The Morgan fingerprint density at radius 3 is 2.50 bits per heavy atom. The van der Waals surface area contributed by atoms with Crippen molar-refractivity contribution in [1.82, 2.24) is 19.7 Å². The van der Waals surface area contributed by atoms with Crippen LogP contribution in [0.5, 0.6) is 6.01 Å². The van der Waals surface area contributed by atoms with Gasteiger partial charge in [0.1, 0.15) is 11.0 Å². The summed E-state index contributed by atoms with van der Waals surface area (Å²) in [6, 6.07) is 0.395. The van der Waals surface area contributed by atoms with E-state index in [1.54, 1.807) is 11.8 Å². The standard InChI is InChI=1S/C9H12N4O/c1-5-7-8(6(2)13(3)12-7)11-9(10-5)14-4/h1-4H3. The highest BCUT2D eigenvalue weighted by molar-refractivity contribution is 5.79. The third-order valence-electron chi connectivity index (χ3n) is 2.30. The van der Waals surface area contributed by atoms with E-state index in [0.29, 0.717) is 6.01 Å². The van der Waals surface area contributed by atoms with E-state index in [-0.39, 0.29) is 0 Å². The molecule has 0 aromatic carbocycles. The minimum Gasteiger partial charge on any atom is -0.467 e.